The summed E-state index contributed by atoms with van der Waals surface area (Å²) in [5.74, 6) is -3.65. The molecule has 0 aliphatic carbocycles. The maximum atomic E-state index is 9.10. The number of thiophene rings is 1. The average molecular weight is 365 g/mol. The monoisotopic (exact) mass is 364 g/mol. The molecule has 8 heteroatoms. The van der Waals surface area contributed by atoms with Crippen LogP contribution < -0.4 is 0 Å². The predicted octanol–water partition coefficient (Wildman–Crippen LogP) is 1.41. The molecule has 0 amide bonds. The average Bonchev–Trinajstić information content (AvgIpc) is 2.78. The number of likely N-dealkylation sites (N-methyl/N-ethyl adjacent to an activating group) is 1. The number of rotatable bonds is 2. The molecule has 0 unspecified atom stereocenters. The van der Waals surface area contributed by atoms with Crippen LogP contribution in [0.3, 0.4) is 0 Å². The van der Waals surface area contributed by atoms with Gasteiger partial charge in [0.15, 0.2) is 0 Å². The van der Waals surface area contributed by atoms with Gasteiger partial charge in [-0.15, -0.1) is 11.3 Å². The molecule has 2 heterocycles. The van der Waals surface area contributed by atoms with Gasteiger partial charge in [-0.05, 0) is 35.1 Å². The molecule has 1 aliphatic rings. The molecule has 6 nitrogen and oxygen atoms in total. The summed E-state index contributed by atoms with van der Waals surface area (Å²) in [5, 5.41) is 14.8. The lowest BCUT2D eigenvalue weighted by atomic mass is 10.3. The van der Waals surface area contributed by atoms with Crippen molar-refractivity contribution in [1.29, 1.82) is 0 Å². The Kier molecular flexibility index (Phi) is 7.14. The van der Waals surface area contributed by atoms with E-state index in [4.69, 9.17) is 19.8 Å². The van der Waals surface area contributed by atoms with E-state index in [0.717, 1.165) is 6.54 Å². The Morgan fingerprint density at radius 1 is 1.20 bits per heavy atom. The number of halogens is 1. The van der Waals surface area contributed by atoms with Gasteiger partial charge >= 0.3 is 11.9 Å². The summed E-state index contributed by atoms with van der Waals surface area (Å²) in [7, 11) is 2.19. The zero-order valence-electron chi connectivity index (χ0n) is 11.1. The molecule has 1 fully saturated rings. The quantitative estimate of drug-likeness (QED) is 0.772. The first kappa shape index (κ1) is 17.1. The molecule has 20 heavy (non-hydrogen) atoms. The van der Waals surface area contributed by atoms with E-state index in [1.54, 1.807) is 0 Å². The molecule has 2 N–H and O–H groups in total. The summed E-state index contributed by atoms with van der Waals surface area (Å²) in [5.41, 5.74) is 0. The molecule has 1 aliphatic heterocycles. The Morgan fingerprint density at radius 3 is 2.15 bits per heavy atom. The largest absolute Gasteiger partial charge is 0.473 e. The number of aliphatic carboxylic acids is 2. The summed E-state index contributed by atoms with van der Waals surface area (Å²) in [6.45, 7) is 5.92. The normalized spacial score (nSPS) is 16.3. The first-order chi connectivity index (χ1) is 9.38. The van der Waals surface area contributed by atoms with Crippen molar-refractivity contribution in [2.75, 3.05) is 33.2 Å². The molecule has 1 saturated heterocycles. The maximum absolute atomic E-state index is 9.10. The number of hydrogen-bond acceptors (Lipinski definition) is 5. The zero-order valence-corrected chi connectivity index (χ0v) is 13.5. The fraction of sp³-hybridized carbons (Fsp3) is 0.500. The van der Waals surface area contributed by atoms with Gasteiger partial charge in [-0.3, -0.25) is 4.90 Å². The van der Waals surface area contributed by atoms with Crippen molar-refractivity contribution >= 4 is 39.2 Å². The van der Waals surface area contributed by atoms with Crippen LogP contribution in [-0.4, -0.2) is 65.2 Å². The molecule has 1 aromatic heterocycles. The SMILES string of the molecule is CN1CCN(Cc2ccc(Br)s2)CC1.O=C(O)C(=O)O. The Hall–Kier alpha value is -0.960. The lowest BCUT2D eigenvalue weighted by Gasteiger charge is -2.31. The molecule has 0 saturated carbocycles. The second kappa shape index (κ2) is 8.35. The first-order valence-corrected chi connectivity index (χ1v) is 7.60. The Bertz CT molecular complexity index is 446. The minimum absolute atomic E-state index is 1.12. The van der Waals surface area contributed by atoms with Gasteiger partial charge in [-0.2, -0.15) is 0 Å². The summed E-state index contributed by atoms with van der Waals surface area (Å²) >= 11 is 5.34. The smallest absolute Gasteiger partial charge is 0.414 e. The highest BCUT2D eigenvalue weighted by Gasteiger charge is 2.14. The van der Waals surface area contributed by atoms with E-state index in [0.29, 0.717) is 0 Å². The Labute approximate surface area is 129 Å². The number of carbonyl (C=O) groups is 2. The zero-order chi connectivity index (χ0) is 15.1. The molecule has 0 spiro atoms. The topological polar surface area (TPSA) is 81.1 Å². The van der Waals surface area contributed by atoms with Crippen LogP contribution in [-0.2, 0) is 16.1 Å². The molecule has 112 valence electrons. The number of nitrogens with zero attached hydrogens (tertiary/aromatic N) is 2. The van der Waals surface area contributed by atoms with Gasteiger partial charge in [0.05, 0.1) is 3.79 Å². The standard InChI is InChI=1S/C10H15BrN2S.C2H2O4/c1-12-4-6-13(7-5-12)8-9-2-3-10(11)14-9;3-1(4)2(5)6/h2-3H,4-8H2,1H3;(H,3,4)(H,5,6). The third-order valence-corrected chi connectivity index (χ3v) is 4.40. The van der Waals surface area contributed by atoms with Crippen molar-refractivity contribution in [2.24, 2.45) is 0 Å². The highest BCUT2D eigenvalue weighted by Crippen LogP contribution is 2.23. The molecular formula is C12H17BrN2O4S. The summed E-state index contributed by atoms with van der Waals surface area (Å²) in [6, 6.07) is 4.35. The van der Waals surface area contributed by atoms with Gasteiger partial charge in [0.1, 0.15) is 0 Å². The van der Waals surface area contributed by atoms with Crippen molar-refractivity contribution in [1.82, 2.24) is 9.80 Å². The fourth-order valence-corrected chi connectivity index (χ4v) is 3.19. The molecule has 0 radical (unpaired) electrons. The third-order valence-electron chi connectivity index (χ3n) is 2.79. The van der Waals surface area contributed by atoms with Crippen molar-refractivity contribution < 1.29 is 19.8 Å². The van der Waals surface area contributed by atoms with Gasteiger partial charge in [-0.25, -0.2) is 9.59 Å². The van der Waals surface area contributed by atoms with E-state index < -0.39 is 11.9 Å². The first-order valence-electron chi connectivity index (χ1n) is 6.00. The summed E-state index contributed by atoms with van der Waals surface area (Å²) < 4.78 is 1.24. The van der Waals surface area contributed by atoms with Gasteiger partial charge in [0.25, 0.3) is 0 Å². The van der Waals surface area contributed by atoms with Crippen molar-refractivity contribution in [3.8, 4) is 0 Å². The van der Waals surface area contributed by atoms with Crippen LogP contribution in [0.15, 0.2) is 15.9 Å². The van der Waals surface area contributed by atoms with Crippen molar-refractivity contribution in [2.45, 2.75) is 6.54 Å². The second-order valence-corrected chi connectivity index (χ2v) is 6.94. The predicted molar refractivity (Wildman–Crippen MR) is 80.1 cm³/mol. The number of piperazine rings is 1. The van der Waals surface area contributed by atoms with Crippen LogP contribution in [0.1, 0.15) is 4.88 Å². The third kappa shape index (κ3) is 6.47. The molecule has 2 rings (SSSR count). The summed E-state index contributed by atoms with van der Waals surface area (Å²) in [4.78, 5) is 24.6. The highest BCUT2D eigenvalue weighted by atomic mass is 79.9. The number of carboxylic acids is 2. The molecule has 0 bridgehead atoms. The van der Waals surface area contributed by atoms with E-state index in [1.165, 1.54) is 34.8 Å². The van der Waals surface area contributed by atoms with Crippen LogP contribution in [0.5, 0.6) is 0 Å². The minimum Gasteiger partial charge on any atom is -0.473 e. The van der Waals surface area contributed by atoms with Crippen LogP contribution in [0.4, 0.5) is 0 Å². The number of hydrogen-bond donors (Lipinski definition) is 2. The van der Waals surface area contributed by atoms with Crippen LogP contribution >= 0.6 is 27.3 Å². The van der Waals surface area contributed by atoms with E-state index in [1.807, 2.05) is 11.3 Å². The molecule has 0 atom stereocenters. The highest BCUT2D eigenvalue weighted by molar-refractivity contribution is 9.11. The summed E-state index contributed by atoms with van der Waals surface area (Å²) in [6.07, 6.45) is 0. The van der Waals surface area contributed by atoms with E-state index in [2.05, 4.69) is 44.9 Å². The van der Waals surface area contributed by atoms with Crippen LogP contribution in [0.25, 0.3) is 0 Å². The van der Waals surface area contributed by atoms with Crippen LogP contribution in [0.2, 0.25) is 0 Å². The minimum atomic E-state index is -1.82. The molecule has 0 aromatic carbocycles. The van der Waals surface area contributed by atoms with Crippen LogP contribution in [0, 0.1) is 0 Å². The van der Waals surface area contributed by atoms with Gasteiger partial charge in [-0.1, -0.05) is 0 Å². The van der Waals surface area contributed by atoms with E-state index >= 15 is 0 Å². The van der Waals surface area contributed by atoms with Gasteiger partial charge < -0.3 is 15.1 Å². The Balaban J connectivity index is 0.000000286. The van der Waals surface area contributed by atoms with E-state index in [-0.39, 0.29) is 0 Å². The van der Waals surface area contributed by atoms with Crippen molar-refractivity contribution in [3.05, 3.63) is 20.8 Å². The van der Waals surface area contributed by atoms with Crippen molar-refractivity contribution in [3.63, 3.8) is 0 Å². The maximum Gasteiger partial charge on any atom is 0.414 e. The van der Waals surface area contributed by atoms with E-state index in [9.17, 15) is 0 Å². The molecular weight excluding hydrogens is 348 g/mol. The Morgan fingerprint density at radius 2 is 1.75 bits per heavy atom. The molecule has 1 aromatic rings. The fourth-order valence-electron chi connectivity index (χ4n) is 1.66. The number of carboxylic acid groups (broad SMARTS) is 2. The lowest BCUT2D eigenvalue weighted by molar-refractivity contribution is -0.159. The van der Waals surface area contributed by atoms with Gasteiger partial charge in [0.2, 0.25) is 0 Å². The lowest BCUT2D eigenvalue weighted by Crippen LogP contribution is -2.43. The second-order valence-electron chi connectivity index (χ2n) is 4.40. The van der Waals surface area contributed by atoms with Gasteiger partial charge in [0, 0.05) is 37.6 Å².